The summed E-state index contributed by atoms with van der Waals surface area (Å²) in [5.41, 5.74) is 3.51. The molecule has 1 amide bonds. The van der Waals surface area contributed by atoms with Gasteiger partial charge in [0.2, 0.25) is 5.91 Å². The van der Waals surface area contributed by atoms with Crippen LogP contribution in [0.4, 0.5) is 5.69 Å². The molecule has 0 saturated heterocycles. The van der Waals surface area contributed by atoms with E-state index in [9.17, 15) is 14.7 Å². The van der Waals surface area contributed by atoms with Crippen molar-refractivity contribution in [1.82, 2.24) is 0 Å². The number of benzene rings is 1. The van der Waals surface area contributed by atoms with Crippen molar-refractivity contribution in [3.63, 3.8) is 0 Å². The summed E-state index contributed by atoms with van der Waals surface area (Å²) in [5, 5.41) is 9.45. The number of hydrogen-bond donors (Lipinski definition) is 1. The Labute approximate surface area is 137 Å². The zero-order chi connectivity index (χ0) is 16.4. The van der Waals surface area contributed by atoms with Crippen molar-refractivity contribution in [3.8, 4) is 0 Å². The molecule has 2 atom stereocenters. The van der Waals surface area contributed by atoms with Gasteiger partial charge in [-0.25, -0.2) is 0 Å². The summed E-state index contributed by atoms with van der Waals surface area (Å²) in [7, 11) is 0. The number of carbonyl (C=O) groups excluding carboxylic acids is 1. The first-order chi connectivity index (χ1) is 11.1. The Bertz CT molecular complexity index is 611. The average Bonchev–Trinajstić information content (AvgIpc) is 2.60. The second-order valence-corrected chi connectivity index (χ2v) is 6.75. The molecule has 23 heavy (non-hydrogen) atoms. The molecule has 1 aromatic carbocycles. The van der Waals surface area contributed by atoms with Gasteiger partial charge >= 0.3 is 5.97 Å². The van der Waals surface area contributed by atoms with Gasteiger partial charge in [0.15, 0.2) is 0 Å². The van der Waals surface area contributed by atoms with E-state index in [2.05, 4.69) is 19.1 Å². The minimum absolute atomic E-state index is 0.0160. The van der Waals surface area contributed by atoms with E-state index in [0.29, 0.717) is 19.4 Å². The lowest BCUT2D eigenvalue weighted by molar-refractivity contribution is -0.148. The van der Waals surface area contributed by atoms with E-state index in [-0.39, 0.29) is 11.8 Å². The third-order valence-electron chi connectivity index (χ3n) is 5.34. The molecule has 3 rings (SSSR count). The van der Waals surface area contributed by atoms with Gasteiger partial charge in [0.05, 0.1) is 11.8 Å². The van der Waals surface area contributed by atoms with Crippen LogP contribution in [0.3, 0.4) is 0 Å². The fourth-order valence-electron chi connectivity index (χ4n) is 4.02. The molecule has 1 aromatic rings. The van der Waals surface area contributed by atoms with E-state index in [1.165, 1.54) is 11.1 Å². The molecule has 1 aliphatic carbocycles. The molecule has 4 heteroatoms. The Morgan fingerprint density at radius 2 is 1.91 bits per heavy atom. The van der Waals surface area contributed by atoms with Crippen LogP contribution in [0.1, 0.15) is 50.2 Å². The number of rotatable bonds is 3. The number of carboxylic acids is 1. The maximum Gasteiger partial charge on any atom is 0.307 e. The third-order valence-corrected chi connectivity index (χ3v) is 5.34. The summed E-state index contributed by atoms with van der Waals surface area (Å²) in [6, 6.07) is 6.33. The van der Waals surface area contributed by atoms with Crippen molar-refractivity contribution in [1.29, 1.82) is 0 Å². The second-order valence-electron chi connectivity index (χ2n) is 6.75. The van der Waals surface area contributed by atoms with Crippen LogP contribution in [-0.4, -0.2) is 23.5 Å². The highest BCUT2D eigenvalue weighted by Gasteiger charge is 2.39. The molecule has 0 aromatic heterocycles. The zero-order valence-electron chi connectivity index (χ0n) is 13.8. The minimum atomic E-state index is -0.818. The molecule has 124 valence electrons. The number of hydrogen-bond acceptors (Lipinski definition) is 2. The maximum atomic E-state index is 13.0. The van der Waals surface area contributed by atoms with Crippen LogP contribution in [0.5, 0.6) is 0 Å². The van der Waals surface area contributed by atoms with Gasteiger partial charge in [-0.15, -0.1) is 0 Å². The summed E-state index contributed by atoms with van der Waals surface area (Å²) in [6.45, 7) is 2.84. The molecule has 0 radical (unpaired) electrons. The van der Waals surface area contributed by atoms with E-state index in [4.69, 9.17) is 0 Å². The average molecular weight is 315 g/mol. The molecule has 1 aliphatic heterocycles. The van der Waals surface area contributed by atoms with Crippen molar-refractivity contribution < 1.29 is 14.7 Å². The molecule has 0 bridgehead atoms. The van der Waals surface area contributed by atoms with E-state index in [0.717, 1.165) is 37.8 Å². The third kappa shape index (κ3) is 3.12. The molecule has 1 fully saturated rings. The second kappa shape index (κ2) is 6.73. The lowest BCUT2D eigenvalue weighted by atomic mass is 9.78. The number of anilines is 1. The first kappa shape index (κ1) is 16.0. The topological polar surface area (TPSA) is 57.6 Å². The van der Waals surface area contributed by atoms with Crippen LogP contribution in [-0.2, 0) is 22.4 Å². The van der Waals surface area contributed by atoms with Crippen molar-refractivity contribution in [3.05, 3.63) is 29.3 Å². The van der Waals surface area contributed by atoms with Gasteiger partial charge < -0.3 is 10.0 Å². The summed E-state index contributed by atoms with van der Waals surface area (Å²) < 4.78 is 0. The first-order valence-electron chi connectivity index (χ1n) is 8.77. The Morgan fingerprint density at radius 3 is 2.61 bits per heavy atom. The van der Waals surface area contributed by atoms with Crippen LogP contribution >= 0.6 is 0 Å². The van der Waals surface area contributed by atoms with Crippen molar-refractivity contribution in [2.45, 2.75) is 51.9 Å². The molecule has 0 spiro atoms. The van der Waals surface area contributed by atoms with E-state index in [1.807, 2.05) is 11.0 Å². The Morgan fingerprint density at radius 1 is 1.17 bits per heavy atom. The van der Waals surface area contributed by atoms with Crippen molar-refractivity contribution in [2.75, 3.05) is 11.4 Å². The van der Waals surface area contributed by atoms with Gasteiger partial charge in [0, 0.05) is 12.2 Å². The highest BCUT2D eigenvalue weighted by molar-refractivity contribution is 5.98. The molecular weight excluding hydrogens is 290 g/mol. The number of fused-ring (bicyclic) bond motifs is 1. The van der Waals surface area contributed by atoms with Crippen molar-refractivity contribution in [2.24, 2.45) is 11.8 Å². The number of nitrogens with zero attached hydrogens (tertiary/aromatic N) is 1. The van der Waals surface area contributed by atoms with Gasteiger partial charge in [-0.2, -0.15) is 0 Å². The quantitative estimate of drug-likeness (QED) is 0.930. The highest BCUT2D eigenvalue weighted by atomic mass is 16.4. The van der Waals surface area contributed by atoms with Gasteiger partial charge in [0.1, 0.15) is 0 Å². The fraction of sp³-hybridized carbons (Fsp3) is 0.579. The molecule has 2 aliphatic rings. The first-order valence-corrected chi connectivity index (χ1v) is 8.77. The minimum Gasteiger partial charge on any atom is -0.481 e. The van der Waals surface area contributed by atoms with Gasteiger partial charge in [-0.3, -0.25) is 9.59 Å². The Balaban J connectivity index is 1.87. The molecule has 0 unspecified atom stereocenters. The zero-order valence-corrected chi connectivity index (χ0v) is 13.8. The summed E-state index contributed by atoms with van der Waals surface area (Å²) in [6.07, 6.45) is 6.14. The highest BCUT2D eigenvalue weighted by Crippen LogP contribution is 2.35. The number of carbonyl (C=O) groups is 2. The van der Waals surface area contributed by atoms with Gasteiger partial charge in [-0.1, -0.05) is 31.9 Å². The monoisotopic (exact) mass is 315 g/mol. The van der Waals surface area contributed by atoms with Crippen LogP contribution in [0.15, 0.2) is 18.2 Å². The van der Waals surface area contributed by atoms with E-state index >= 15 is 0 Å². The maximum absolute atomic E-state index is 13.0. The van der Waals surface area contributed by atoms with Crippen molar-refractivity contribution >= 4 is 17.6 Å². The predicted octanol–water partition coefficient (Wildman–Crippen LogP) is 3.42. The Hall–Kier alpha value is -1.84. The molecule has 1 N–H and O–H groups in total. The normalized spacial score (nSPS) is 24.1. The lowest BCUT2D eigenvalue weighted by Crippen LogP contribution is -2.44. The largest absolute Gasteiger partial charge is 0.481 e. The SMILES string of the molecule is CCc1ccc2c(c1)CCCN2C(=O)[C@H]1CCCC[C@H]1C(=O)O. The van der Waals surface area contributed by atoms with Gasteiger partial charge in [0.25, 0.3) is 0 Å². The van der Waals surface area contributed by atoms with E-state index in [1.54, 1.807) is 0 Å². The molecule has 4 nitrogen and oxygen atoms in total. The smallest absolute Gasteiger partial charge is 0.307 e. The standard InChI is InChI=1S/C19H25NO3/c1-2-13-9-10-17-14(12-13)6-5-11-20(17)18(21)15-7-3-4-8-16(15)19(22)23/h9-10,12,15-16H,2-8,11H2,1H3,(H,22,23)/t15-,16+/m0/s1. The van der Waals surface area contributed by atoms with Crippen LogP contribution in [0, 0.1) is 11.8 Å². The number of aliphatic carboxylic acids is 1. The lowest BCUT2D eigenvalue weighted by Gasteiger charge is -2.36. The molecule has 1 heterocycles. The van der Waals surface area contributed by atoms with Gasteiger partial charge in [-0.05, 0) is 49.3 Å². The molecule has 1 saturated carbocycles. The van der Waals surface area contributed by atoms with Crippen LogP contribution in [0.2, 0.25) is 0 Å². The number of carboxylic acid groups (broad SMARTS) is 1. The predicted molar refractivity (Wildman–Crippen MR) is 89.6 cm³/mol. The Kier molecular flexibility index (Phi) is 4.69. The summed E-state index contributed by atoms with van der Waals surface area (Å²) >= 11 is 0. The molecular formula is C19H25NO3. The number of aryl methyl sites for hydroxylation is 2. The van der Waals surface area contributed by atoms with Crippen LogP contribution < -0.4 is 4.90 Å². The summed E-state index contributed by atoms with van der Waals surface area (Å²) in [4.78, 5) is 26.4. The van der Waals surface area contributed by atoms with E-state index < -0.39 is 11.9 Å². The van der Waals surface area contributed by atoms with Crippen LogP contribution in [0.25, 0.3) is 0 Å². The number of amides is 1. The summed E-state index contributed by atoms with van der Waals surface area (Å²) in [5.74, 6) is -1.68. The fourth-order valence-corrected chi connectivity index (χ4v) is 4.02.